The van der Waals surface area contributed by atoms with Gasteiger partial charge in [-0.15, -0.1) is 11.3 Å². The van der Waals surface area contributed by atoms with E-state index in [1.807, 2.05) is 19.2 Å². The number of amides is 1. The number of carbonyl (C=O) groups is 2. The van der Waals surface area contributed by atoms with Crippen molar-refractivity contribution in [3.05, 3.63) is 53.3 Å². The van der Waals surface area contributed by atoms with E-state index in [1.54, 1.807) is 11.3 Å². The summed E-state index contributed by atoms with van der Waals surface area (Å²) in [6.45, 7) is 11.0. The predicted octanol–water partition coefficient (Wildman–Crippen LogP) is 1.44. The highest BCUT2D eigenvalue weighted by molar-refractivity contribution is 7.09. The Morgan fingerprint density at radius 2 is 1.88 bits per heavy atom. The molecular formula is C20H36N6O5S. The smallest absolute Gasteiger partial charge is 0.273 e. The molecule has 0 radical (unpaired) electrons. The van der Waals surface area contributed by atoms with Crippen LogP contribution in [-0.4, -0.2) is 60.1 Å². The first-order valence-corrected chi connectivity index (χ1v) is 9.87. The zero-order chi connectivity index (χ0) is 24.1. The summed E-state index contributed by atoms with van der Waals surface area (Å²) in [6.07, 6.45) is 2.81. The van der Waals surface area contributed by atoms with Gasteiger partial charge in [0.15, 0.2) is 5.69 Å². The number of nitrogens with two attached hydrogens (primary N) is 1. The van der Waals surface area contributed by atoms with Gasteiger partial charge in [-0.3, -0.25) is 4.79 Å². The second-order valence-corrected chi connectivity index (χ2v) is 6.14. The molecule has 2 rings (SSSR count). The van der Waals surface area contributed by atoms with Gasteiger partial charge in [0.05, 0.1) is 24.2 Å². The van der Waals surface area contributed by atoms with E-state index in [-0.39, 0.29) is 19.0 Å². The highest BCUT2D eigenvalue weighted by Crippen LogP contribution is 2.15. The van der Waals surface area contributed by atoms with Gasteiger partial charge in [0.2, 0.25) is 5.89 Å². The molecule has 0 saturated heterocycles. The molecule has 2 heterocycles. The normalized spacial score (nSPS) is 8.62. The van der Waals surface area contributed by atoms with Gasteiger partial charge in [0.25, 0.3) is 5.91 Å². The van der Waals surface area contributed by atoms with Crippen LogP contribution < -0.4 is 21.7 Å². The molecular weight excluding hydrogens is 436 g/mol. The molecule has 182 valence electrons. The van der Waals surface area contributed by atoms with Crippen molar-refractivity contribution in [1.29, 1.82) is 0 Å². The van der Waals surface area contributed by atoms with Gasteiger partial charge in [-0.2, -0.15) is 0 Å². The van der Waals surface area contributed by atoms with E-state index < -0.39 is 0 Å². The average molecular weight is 473 g/mol. The fourth-order valence-electron chi connectivity index (χ4n) is 1.85. The summed E-state index contributed by atoms with van der Waals surface area (Å²) in [7, 11) is 2.88. The van der Waals surface area contributed by atoms with E-state index in [9.17, 15) is 4.79 Å². The number of hydrogen-bond acceptors (Lipinski definition) is 11. The average Bonchev–Trinajstić information content (AvgIpc) is 3.46. The number of aliphatic hydroxyl groups excluding tert-OH is 2. The summed E-state index contributed by atoms with van der Waals surface area (Å²) in [5.41, 5.74) is 7.10. The van der Waals surface area contributed by atoms with Gasteiger partial charge in [0, 0.05) is 25.6 Å². The highest BCUT2D eigenvalue weighted by atomic mass is 32.1. The van der Waals surface area contributed by atoms with Crippen molar-refractivity contribution in [2.75, 3.05) is 27.2 Å². The van der Waals surface area contributed by atoms with Crippen LogP contribution in [0, 0.1) is 0 Å². The van der Waals surface area contributed by atoms with Gasteiger partial charge in [-0.1, -0.05) is 20.6 Å². The standard InChI is InChI=1S/C15H22N6O2S.C2H4O.CH4O.CH2O.CH4/c1-10(12-9-24-14(21-12)7-17-2)19-6-13-20-11(8-23-13)15(22)18-5-3-4-16;1-2-3;2*1-2;/h8-9,17,19H,1,3-7,16H2,2H3,(H,18,22);2-3H,1H2;2H,1H3;1H2;1H4. The first kappa shape index (κ1) is 33.6. The third kappa shape index (κ3) is 14.0. The Morgan fingerprint density at radius 1 is 1.25 bits per heavy atom. The van der Waals surface area contributed by atoms with Gasteiger partial charge >= 0.3 is 0 Å². The first-order chi connectivity index (χ1) is 15.0. The van der Waals surface area contributed by atoms with Crippen molar-refractivity contribution in [2.45, 2.75) is 26.9 Å². The van der Waals surface area contributed by atoms with E-state index >= 15 is 0 Å². The number of nitrogens with one attached hydrogen (secondary N) is 3. The van der Waals surface area contributed by atoms with Crippen LogP contribution in [0.1, 0.15) is 40.9 Å². The number of hydrogen-bond donors (Lipinski definition) is 6. The lowest BCUT2D eigenvalue weighted by Gasteiger charge is -2.04. The number of nitrogens with zero attached hydrogens (tertiary/aromatic N) is 2. The lowest BCUT2D eigenvalue weighted by atomic mass is 10.3. The lowest BCUT2D eigenvalue weighted by molar-refractivity contribution is -0.0980. The third-order valence-electron chi connectivity index (χ3n) is 3.09. The van der Waals surface area contributed by atoms with Crippen LogP contribution in [0.25, 0.3) is 5.70 Å². The molecule has 7 N–H and O–H groups in total. The number of aromatic nitrogens is 2. The molecule has 1 amide bonds. The zero-order valence-corrected chi connectivity index (χ0v) is 18.7. The molecule has 0 aliphatic carbocycles. The minimum absolute atomic E-state index is 0. The Kier molecular flexibility index (Phi) is 23.7. The molecule has 0 bridgehead atoms. The fraction of sp³-hybridized carbons (Fsp3) is 0.400. The van der Waals surface area contributed by atoms with E-state index in [0.717, 1.165) is 37.0 Å². The van der Waals surface area contributed by atoms with Crippen LogP contribution in [0.15, 0.2) is 35.5 Å². The summed E-state index contributed by atoms with van der Waals surface area (Å²) in [5, 5.41) is 26.1. The summed E-state index contributed by atoms with van der Waals surface area (Å²) in [5.74, 6) is 0.138. The number of rotatable bonds is 10. The van der Waals surface area contributed by atoms with Crippen LogP contribution in [0.5, 0.6) is 0 Å². The second kappa shape index (κ2) is 22.6. The monoisotopic (exact) mass is 472 g/mol. The van der Waals surface area contributed by atoms with Crippen LogP contribution in [0.4, 0.5) is 0 Å². The van der Waals surface area contributed by atoms with Gasteiger partial charge in [-0.25, -0.2) is 9.97 Å². The SMILES string of the molecule is C.C=C(NCc1nc(C(=O)NCCCN)co1)c1csc(CNC)n1.C=CO.C=O.CO. The van der Waals surface area contributed by atoms with E-state index in [1.165, 1.54) is 6.26 Å². The molecule has 32 heavy (non-hydrogen) atoms. The maximum Gasteiger partial charge on any atom is 0.273 e. The van der Waals surface area contributed by atoms with E-state index in [0.29, 0.717) is 31.2 Å². The van der Waals surface area contributed by atoms with Crippen LogP contribution in [0.3, 0.4) is 0 Å². The minimum atomic E-state index is -0.270. The topological polar surface area (TPSA) is 176 Å². The molecule has 0 spiro atoms. The number of oxazole rings is 1. The molecule has 2 aromatic heterocycles. The predicted molar refractivity (Wildman–Crippen MR) is 128 cm³/mol. The summed E-state index contributed by atoms with van der Waals surface area (Å²) in [4.78, 5) is 28.4. The highest BCUT2D eigenvalue weighted by Gasteiger charge is 2.12. The van der Waals surface area contributed by atoms with Crippen LogP contribution in [-0.2, 0) is 17.9 Å². The van der Waals surface area contributed by atoms with Crippen molar-refractivity contribution < 1.29 is 24.2 Å². The third-order valence-corrected chi connectivity index (χ3v) is 3.94. The number of thiazole rings is 1. The largest absolute Gasteiger partial charge is 0.516 e. The fourth-order valence-corrected chi connectivity index (χ4v) is 2.67. The maximum absolute atomic E-state index is 11.8. The van der Waals surface area contributed by atoms with Gasteiger partial charge in [0.1, 0.15) is 18.1 Å². The quantitative estimate of drug-likeness (QED) is 0.219. The maximum atomic E-state index is 11.8. The number of aliphatic hydroxyl groups is 2. The Morgan fingerprint density at radius 3 is 2.44 bits per heavy atom. The van der Waals surface area contributed by atoms with Crippen molar-refractivity contribution >= 4 is 29.7 Å². The molecule has 0 aliphatic heterocycles. The van der Waals surface area contributed by atoms with Crippen molar-refractivity contribution in [2.24, 2.45) is 5.73 Å². The molecule has 12 heteroatoms. The Bertz CT molecular complexity index is 750. The van der Waals surface area contributed by atoms with Crippen LogP contribution >= 0.6 is 11.3 Å². The van der Waals surface area contributed by atoms with Crippen LogP contribution in [0.2, 0.25) is 0 Å². The van der Waals surface area contributed by atoms with Gasteiger partial charge in [-0.05, 0) is 20.0 Å². The van der Waals surface area contributed by atoms with Crippen molar-refractivity contribution in [3.63, 3.8) is 0 Å². The first-order valence-electron chi connectivity index (χ1n) is 8.99. The lowest BCUT2D eigenvalue weighted by Crippen LogP contribution is -2.26. The molecule has 0 aromatic carbocycles. The molecule has 0 atom stereocenters. The molecule has 0 unspecified atom stereocenters. The number of carbonyl (C=O) groups excluding carboxylic acids is 2. The summed E-state index contributed by atoms with van der Waals surface area (Å²) >= 11 is 1.57. The molecule has 0 saturated carbocycles. The molecule has 0 fully saturated rings. The van der Waals surface area contributed by atoms with Gasteiger partial charge < -0.3 is 41.1 Å². The summed E-state index contributed by atoms with van der Waals surface area (Å²) < 4.78 is 5.29. The Hall–Kier alpha value is -3.06. The minimum Gasteiger partial charge on any atom is -0.516 e. The van der Waals surface area contributed by atoms with Crippen molar-refractivity contribution in [1.82, 2.24) is 25.9 Å². The molecule has 11 nitrogen and oxygen atoms in total. The Labute approximate surface area is 193 Å². The van der Waals surface area contributed by atoms with E-state index in [2.05, 4.69) is 39.1 Å². The second-order valence-electron chi connectivity index (χ2n) is 5.20. The molecule has 0 aliphatic rings. The van der Waals surface area contributed by atoms with E-state index in [4.69, 9.17) is 25.2 Å². The zero-order valence-electron chi connectivity index (χ0n) is 17.9. The molecule has 2 aromatic rings. The van der Waals surface area contributed by atoms with Crippen molar-refractivity contribution in [3.8, 4) is 0 Å². The Balaban J connectivity index is -0.000000946. The summed E-state index contributed by atoms with van der Waals surface area (Å²) in [6, 6.07) is 0.